The highest BCUT2D eigenvalue weighted by atomic mass is 16.5. The summed E-state index contributed by atoms with van der Waals surface area (Å²) in [5.74, 6) is 1.31. The van der Waals surface area contributed by atoms with Crippen LogP contribution in [-0.2, 0) is 9.53 Å². The molecule has 1 fully saturated rings. The second-order valence-electron chi connectivity index (χ2n) is 4.80. The summed E-state index contributed by atoms with van der Waals surface area (Å²) in [5.41, 5.74) is 0. The van der Waals surface area contributed by atoms with Crippen LogP contribution in [0.2, 0.25) is 0 Å². The van der Waals surface area contributed by atoms with Crippen LogP contribution >= 0.6 is 0 Å². The molecule has 4 heteroatoms. The first kappa shape index (κ1) is 13.9. The van der Waals surface area contributed by atoms with Gasteiger partial charge in [0.25, 0.3) is 0 Å². The minimum atomic E-state index is 0.0431. The van der Waals surface area contributed by atoms with E-state index in [1.54, 1.807) is 0 Å². The maximum atomic E-state index is 11.6. The third kappa shape index (κ3) is 5.30. The van der Waals surface area contributed by atoms with Gasteiger partial charge in [-0.2, -0.15) is 0 Å². The van der Waals surface area contributed by atoms with E-state index >= 15 is 0 Å². The van der Waals surface area contributed by atoms with E-state index in [1.165, 1.54) is 0 Å². The normalized spacial score (nSPS) is 18.8. The van der Waals surface area contributed by atoms with Crippen molar-refractivity contribution in [2.45, 2.75) is 19.3 Å². The SMILES string of the molecule is O=C(CCOc1ccccc1)NC[C@H]1CCCOC1. The highest BCUT2D eigenvalue weighted by Crippen LogP contribution is 2.12. The van der Waals surface area contributed by atoms with Gasteiger partial charge in [-0.1, -0.05) is 18.2 Å². The molecule has 1 aromatic rings. The van der Waals surface area contributed by atoms with Crippen LogP contribution in [0.1, 0.15) is 19.3 Å². The largest absolute Gasteiger partial charge is 0.493 e. The van der Waals surface area contributed by atoms with Gasteiger partial charge < -0.3 is 14.8 Å². The maximum absolute atomic E-state index is 11.6. The van der Waals surface area contributed by atoms with Gasteiger partial charge in [-0.15, -0.1) is 0 Å². The Morgan fingerprint density at radius 3 is 2.95 bits per heavy atom. The number of ether oxygens (including phenoxy) is 2. The summed E-state index contributed by atoms with van der Waals surface area (Å²) >= 11 is 0. The Kier molecular flexibility index (Phi) is 5.69. The van der Waals surface area contributed by atoms with Crippen LogP contribution < -0.4 is 10.1 Å². The number of para-hydroxylation sites is 1. The first-order valence-corrected chi connectivity index (χ1v) is 6.87. The van der Waals surface area contributed by atoms with Crippen molar-refractivity contribution in [3.05, 3.63) is 30.3 Å². The van der Waals surface area contributed by atoms with Gasteiger partial charge >= 0.3 is 0 Å². The van der Waals surface area contributed by atoms with Crippen LogP contribution in [0, 0.1) is 5.92 Å². The van der Waals surface area contributed by atoms with Crippen LogP contribution in [0.15, 0.2) is 30.3 Å². The summed E-state index contributed by atoms with van der Waals surface area (Å²) in [7, 11) is 0. The zero-order chi connectivity index (χ0) is 13.3. The van der Waals surface area contributed by atoms with Crippen molar-refractivity contribution >= 4 is 5.91 Å². The van der Waals surface area contributed by atoms with Crippen molar-refractivity contribution < 1.29 is 14.3 Å². The number of nitrogens with one attached hydrogen (secondary N) is 1. The molecule has 1 N–H and O–H groups in total. The van der Waals surface area contributed by atoms with Crippen LogP contribution in [0.25, 0.3) is 0 Å². The predicted octanol–water partition coefficient (Wildman–Crippen LogP) is 2.00. The van der Waals surface area contributed by atoms with Crippen molar-refractivity contribution in [3.8, 4) is 5.75 Å². The molecule has 1 aliphatic rings. The summed E-state index contributed by atoms with van der Waals surface area (Å²) in [4.78, 5) is 11.6. The highest BCUT2D eigenvalue weighted by molar-refractivity contribution is 5.75. The van der Waals surface area contributed by atoms with Gasteiger partial charge in [0.2, 0.25) is 5.91 Å². The Bertz CT molecular complexity index is 374. The molecule has 0 radical (unpaired) electrons. The molecular weight excluding hydrogens is 242 g/mol. The molecule has 2 rings (SSSR count). The highest BCUT2D eigenvalue weighted by Gasteiger charge is 2.14. The van der Waals surface area contributed by atoms with Crippen LogP contribution in [0.3, 0.4) is 0 Å². The molecular formula is C15H21NO3. The predicted molar refractivity (Wildman–Crippen MR) is 73.1 cm³/mol. The lowest BCUT2D eigenvalue weighted by Crippen LogP contribution is -2.33. The lowest BCUT2D eigenvalue weighted by Gasteiger charge is -2.22. The van der Waals surface area contributed by atoms with Gasteiger partial charge in [0.1, 0.15) is 5.75 Å². The van der Waals surface area contributed by atoms with E-state index in [4.69, 9.17) is 9.47 Å². The number of carbonyl (C=O) groups is 1. The maximum Gasteiger partial charge on any atom is 0.223 e. The summed E-state index contributed by atoms with van der Waals surface area (Å²) in [6.07, 6.45) is 2.63. The van der Waals surface area contributed by atoms with E-state index in [2.05, 4.69) is 5.32 Å². The Labute approximate surface area is 114 Å². The van der Waals surface area contributed by atoms with Crippen molar-refractivity contribution in [2.75, 3.05) is 26.4 Å². The first-order chi connectivity index (χ1) is 9.34. The lowest BCUT2D eigenvalue weighted by atomic mass is 10.0. The molecule has 0 unspecified atom stereocenters. The van der Waals surface area contributed by atoms with Crippen LogP contribution in [-0.4, -0.2) is 32.3 Å². The first-order valence-electron chi connectivity index (χ1n) is 6.87. The molecule has 19 heavy (non-hydrogen) atoms. The molecule has 0 bridgehead atoms. The van der Waals surface area contributed by atoms with E-state index < -0.39 is 0 Å². The topological polar surface area (TPSA) is 47.6 Å². The van der Waals surface area contributed by atoms with Crippen molar-refractivity contribution in [1.82, 2.24) is 5.32 Å². The Morgan fingerprint density at radius 2 is 2.21 bits per heavy atom. The number of amides is 1. The Balaban J connectivity index is 1.57. The van der Waals surface area contributed by atoms with Crippen molar-refractivity contribution in [2.24, 2.45) is 5.92 Å². The minimum absolute atomic E-state index is 0.0431. The minimum Gasteiger partial charge on any atom is -0.493 e. The molecule has 1 atom stereocenters. The summed E-state index contributed by atoms with van der Waals surface area (Å²) in [5, 5.41) is 2.94. The smallest absolute Gasteiger partial charge is 0.223 e. The van der Waals surface area contributed by atoms with E-state index in [1.807, 2.05) is 30.3 Å². The summed E-state index contributed by atoms with van der Waals surface area (Å²) in [6.45, 7) is 2.75. The number of hydrogen-bond acceptors (Lipinski definition) is 3. The van der Waals surface area contributed by atoms with Gasteiger partial charge in [-0.25, -0.2) is 0 Å². The number of benzene rings is 1. The van der Waals surface area contributed by atoms with Crippen LogP contribution in [0.4, 0.5) is 0 Å². The Hall–Kier alpha value is -1.55. The standard InChI is InChI=1S/C15H21NO3/c17-15(16-11-13-5-4-9-18-12-13)8-10-19-14-6-2-1-3-7-14/h1-3,6-7,13H,4-5,8-12H2,(H,16,17)/t13-/m1/s1. The number of hydrogen-bond donors (Lipinski definition) is 1. The lowest BCUT2D eigenvalue weighted by molar-refractivity contribution is -0.122. The molecule has 1 heterocycles. The van der Waals surface area contributed by atoms with E-state index in [0.717, 1.165) is 31.8 Å². The molecule has 1 aliphatic heterocycles. The fourth-order valence-corrected chi connectivity index (χ4v) is 2.09. The number of rotatable bonds is 6. The molecule has 1 saturated heterocycles. The second-order valence-corrected chi connectivity index (χ2v) is 4.80. The fourth-order valence-electron chi connectivity index (χ4n) is 2.09. The molecule has 104 valence electrons. The van der Waals surface area contributed by atoms with Crippen molar-refractivity contribution in [1.29, 1.82) is 0 Å². The quantitative estimate of drug-likeness (QED) is 0.854. The molecule has 1 aromatic carbocycles. The van der Waals surface area contributed by atoms with Gasteiger partial charge in [0, 0.05) is 13.2 Å². The molecule has 0 aromatic heterocycles. The third-order valence-corrected chi connectivity index (χ3v) is 3.18. The van der Waals surface area contributed by atoms with Crippen molar-refractivity contribution in [3.63, 3.8) is 0 Å². The monoisotopic (exact) mass is 263 g/mol. The van der Waals surface area contributed by atoms with Gasteiger partial charge in [-0.3, -0.25) is 4.79 Å². The van der Waals surface area contributed by atoms with E-state index in [9.17, 15) is 4.79 Å². The Morgan fingerprint density at radius 1 is 1.37 bits per heavy atom. The van der Waals surface area contributed by atoms with E-state index in [0.29, 0.717) is 25.5 Å². The zero-order valence-corrected chi connectivity index (χ0v) is 11.1. The number of carbonyl (C=O) groups excluding carboxylic acids is 1. The van der Waals surface area contributed by atoms with Gasteiger partial charge in [-0.05, 0) is 30.9 Å². The second kappa shape index (κ2) is 7.79. The van der Waals surface area contributed by atoms with Gasteiger partial charge in [0.15, 0.2) is 0 Å². The average molecular weight is 263 g/mol. The molecule has 1 amide bonds. The fraction of sp³-hybridized carbons (Fsp3) is 0.533. The van der Waals surface area contributed by atoms with Crippen LogP contribution in [0.5, 0.6) is 5.75 Å². The summed E-state index contributed by atoms with van der Waals surface area (Å²) in [6, 6.07) is 9.54. The molecule has 0 aliphatic carbocycles. The third-order valence-electron chi connectivity index (χ3n) is 3.18. The summed E-state index contributed by atoms with van der Waals surface area (Å²) < 4.78 is 10.9. The molecule has 0 saturated carbocycles. The molecule has 0 spiro atoms. The zero-order valence-electron chi connectivity index (χ0n) is 11.1. The van der Waals surface area contributed by atoms with Gasteiger partial charge in [0.05, 0.1) is 19.6 Å². The average Bonchev–Trinajstić information content (AvgIpc) is 2.47. The van der Waals surface area contributed by atoms with E-state index in [-0.39, 0.29) is 5.91 Å². The molecule has 4 nitrogen and oxygen atoms in total.